The van der Waals surface area contributed by atoms with Gasteiger partial charge in [-0.3, -0.25) is 4.98 Å². The molecule has 5 heteroatoms. The van der Waals surface area contributed by atoms with Crippen molar-refractivity contribution in [1.82, 2.24) is 14.8 Å². The lowest BCUT2D eigenvalue weighted by molar-refractivity contribution is 0.415. The Balaban J connectivity index is 1.90. The van der Waals surface area contributed by atoms with Crippen molar-refractivity contribution in [3.05, 3.63) is 84.8 Å². The summed E-state index contributed by atoms with van der Waals surface area (Å²) in [7, 11) is 1.64. The number of benzene rings is 3. The fourth-order valence-corrected chi connectivity index (χ4v) is 3.50. The first-order chi connectivity index (χ1) is 13.7. The number of hydrogen-bond donors (Lipinski definition) is 0. The number of fused-ring (bicyclic) bond motifs is 3. The van der Waals surface area contributed by atoms with E-state index in [-0.39, 0.29) is 5.82 Å². The van der Waals surface area contributed by atoms with Gasteiger partial charge in [0.1, 0.15) is 17.3 Å². The minimum absolute atomic E-state index is 0.300. The predicted molar refractivity (Wildman–Crippen MR) is 108 cm³/mol. The van der Waals surface area contributed by atoms with Crippen LogP contribution in [0.2, 0.25) is 0 Å². The van der Waals surface area contributed by atoms with Gasteiger partial charge < -0.3 is 4.74 Å². The zero-order chi connectivity index (χ0) is 19.1. The Morgan fingerprint density at radius 1 is 0.893 bits per heavy atom. The molecule has 28 heavy (non-hydrogen) atoms. The Labute approximate surface area is 160 Å². The van der Waals surface area contributed by atoms with E-state index in [2.05, 4.69) is 4.98 Å². The molecule has 0 saturated carbocycles. The average Bonchev–Trinajstić information content (AvgIpc) is 3.14. The summed E-state index contributed by atoms with van der Waals surface area (Å²) >= 11 is 0. The van der Waals surface area contributed by atoms with Crippen molar-refractivity contribution in [3.63, 3.8) is 0 Å². The summed E-state index contributed by atoms with van der Waals surface area (Å²) < 4.78 is 21.3. The second-order valence-electron chi connectivity index (χ2n) is 6.51. The zero-order valence-electron chi connectivity index (χ0n) is 15.1. The number of halogens is 1. The third-order valence-electron chi connectivity index (χ3n) is 4.81. The van der Waals surface area contributed by atoms with Crippen LogP contribution in [0.5, 0.6) is 5.75 Å². The van der Waals surface area contributed by atoms with Crippen LogP contribution in [0.3, 0.4) is 0 Å². The van der Waals surface area contributed by atoms with Crippen LogP contribution in [-0.4, -0.2) is 21.9 Å². The first-order valence-electron chi connectivity index (χ1n) is 8.91. The van der Waals surface area contributed by atoms with Gasteiger partial charge in [0.15, 0.2) is 0 Å². The molecule has 0 spiro atoms. The molecule has 0 aliphatic rings. The number of rotatable bonds is 3. The van der Waals surface area contributed by atoms with Crippen molar-refractivity contribution in [2.24, 2.45) is 0 Å². The Bertz CT molecular complexity index is 1310. The second kappa shape index (κ2) is 6.46. The normalized spacial score (nSPS) is 11.2. The molecule has 0 saturated heterocycles. The van der Waals surface area contributed by atoms with E-state index < -0.39 is 0 Å². The smallest absolute Gasteiger partial charge is 0.124 e. The minimum Gasteiger partial charge on any atom is -0.497 e. The highest BCUT2D eigenvalue weighted by Gasteiger charge is 2.17. The van der Waals surface area contributed by atoms with Crippen molar-refractivity contribution in [1.29, 1.82) is 0 Å². The van der Waals surface area contributed by atoms with E-state index in [0.717, 1.165) is 44.5 Å². The van der Waals surface area contributed by atoms with E-state index in [4.69, 9.17) is 9.84 Å². The molecule has 0 N–H and O–H groups in total. The van der Waals surface area contributed by atoms with Crippen LogP contribution in [0.25, 0.3) is 38.8 Å². The standard InChI is InChI=1S/C23H16FN3O/c1-28-18-9-5-6-15(12-18)22-20-14-25-21-11-10-16(24)13-19(21)23(20)27(26-22)17-7-3-2-4-8-17/h2-14H,1H3. The fourth-order valence-electron chi connectivity index (χ4n) is 3.50. The Kier molecular flexibility index (Phi) is 3.79. The van der Waals surface area contributed by atoms with Crippen molar-refractivity contribution in [2.75, 3.05) is 7.11 Å². The monoisotopic (exact) mass is 369 g/mol. The Morgan fingerprint density at radius 2 is 1.75 bits per heavy atom. The number of ether oxygens (including phenoxy) is 1. The fraction of sp³-hybridized carbons (Fsp3) is 0.0435. The van der Waals surface area contributed by atoms with Gasteiger partial charge in [0.25, 0.3) is 0 Å². The summed E-state index contributed by atoms with van der Waals surface area (Å²) in [6.07, 6.45) is 1.80. The lowest BCUT2D eigenvalue weighted by atomic mass is 10.1. The van der Waals surface area contributed by atoms with Gasteiger partial charge in [0, 0.05) is 22.5 Å². The molecule has 0 aliphatic heterocycles. The highest BCUT2D eigenvalue weighted by molar-refractivity contribution is 6.08. The average molecular weight is 369 g/mol. The van der Waals surface area contributed by atoms with Gasteiger partial charge in [-0.2, -0.15) is 5.10 Å². The number of hydrogen-bond acceptors (Lipinski definition) is 3. The van der Waals surface area contributed by atoms with Crippen LogP contribution in [-0.2, 0) is 0 Å². The maximum absolute atomic E-state index is 14.1. The molecule has 0 radical (unpaired) electrons. The zero-order valence-corrected chi connectivity index (χ0v) is 15.1. The molecule has 0 fully saturated rings. The molecule has 3 aromatic carbocycles. The highest BCUT2D eigenvalue weighted by Crippen LogP contribution is 2.34. The minimum atomic E-state index is -0.300. The molecule has 4 nitrogen and oxygen atoms in total. The van der Waals surface area contributed by atoms with Crippen molar-refractivity contribution < 1.29 is 9.13 Å². The van der Waals surface area contributed by atoms with Gasteiger partial charge in [-0.05, 0) is 42.5 Å². The Hall–Kier alpha value is -3.73. The number of pyridine rings is 1. The third kappa shape index (κ3) is 2.60. The van der Waals surface area contributed by atoms with Gasteiger partial charge in [-0.25, -0.2) is 9.07 Å². The summed E-state index contributed by atoms with van der Waals surface area (Å²) in [5.74, 6) is 0.449. The van der Waals surface area contributed by atoms with Crippen LogP contribution < -0.4 is 4.74 Å². The van der Waals surface area contributed by atoms with Gasteiger partial charge in [0.05, 0.1) is 23.8 Å². The first-order valence-corrected chi connectivity index (χ1v) is 8.91. The van der Waals surface area contributed by atoms with Crippen LogP contribution in [0, 0.1) is 5.82 Å². The van der Waals surface area contributed by atoms with E-state index in [1.54, 1.807) is 19.4 Å². The van der Waals surface area contributed by atoms with E-state index in [0.29, 0.717) is 0 Å². The van der Waals surface area contributed by atoms with Gasteiger partial charge in [-0.1, -0.05) is 30.3 Å². The molecule has 0 aliphatic carbocycles. The van der Waals surface area contributed by atoms with Gasteiger partial charge >= 0.3 is 0 Å². The lowest BCUT2D eigenvalue weighted by Gasteiger charge is -2.05. The molecule has 0 amide bonds. The predicted octanol–water partition coefficient (Wildman–Crippen LogP) is 5.39. The summed E-state index contributed by atoms with van der Waals surface area (Å²) in [6.45, 7) is 0. The van der Waals surface area contributed by atoms with Crippen LogP contribution in [0.4, 0.5) is 4.39 Å². The van der Waals surface area contributed by atoms with Crippen molar-refractivity contribution >= 4 is 21.8 Å². The highest BCUT2D eigenvalue weighted by atomic mass is 19.1. The summed E-state index contributed by atoms with van der Waals surface area (Å²) in [5.41, 5.74) is 4.14. The maximum Gasteiger partial charge on any atom is 0.124 e. The lowest BCUT2D eigenvalue weighted by Crippen LogP contribution is -1.97. The van der Waals surface area contributed by atoms with Crippen LogP contribution in [0.1, 0.15) is 0 Å². The summed E-state index contributed by atoms with van der Waals surface area (Å²) in [6, 6.07) is 22.2. The number of aromatic nitrogens is 3. The molecule has 0 atom stereocenters. The van der Waals surface area contributed by atoms with Crippen molar-refractivity contribution in [2.45, 2.75) is 0 Å². The quantitative estimate of drug-likeness (QED) is 0.428. The van der Waals surface area contributed by atoms with E-state index in [9.17, 15) is 4.39 Å². The second-order valence-corrected chi connectivity index (χ2v) is 6.51. The molecule has 5 aromatic rings. The van der Waals surface area contributed by atoms with E-state index in [1.807, 2.05) is 59.3 Å². The summed E-state index contributed by atoms with van der Waals surface area (Å²) in [5, 5.41) is 6.47. The van der Waals surface area contributed by atoms with Crippen LogP contribution >= 0.6 is 0 Å². The molecule has 2 aromatic heterocycles. The Morgan fingerprint density at radius 3 is 2.57 bits per heavy atom. The SMILES string of the molecule is COc1cccc(-c2nn(-c3ccccc3)c3c2cnc2ccc(F)cc23)c1. The molecule has 136 valence electrons. The van der Waals surface area contributed by atoms with Gasteiger partial charge in [-0.15, -0.1) is 0 Å². The first kappa shape index (κ1) is 16.4. The third-order valence-corrected chi connectivity index (χ3v) is 4.81. The molecular formula is C23H16FN3O. The molecule has 2 heterocycles. The molecule has 5 rings (SSSR count). The number of para-hydroxylation sites is 1. The van der Waals surface area contributed by atoms with Gasteiger partial charge in [0.2, 0.25) is 0 Å². The molecule has 0 unspecified atom stereocenters. The van der Waals surface area contributed by atoms with E-state index in [1.165, 1.54) is 12.1 Å². The molecular weight excluding hydrogens is 353 g/mol. The topological polar surface area (TPSA) is 39.9 Å². The number of methoxy groups -OCH3 is 1. The molecule has 0 bridgehead atoms. The van der Waals surface area contributed by atoms with E-state index >= 15 is 0 Å². The van der Waals surface area contributed by atoms with Crippen molar-refractivity contribution in [3.8, 4) is 22.7 Å². The van der Waals surface area contributed by atoms with Crippen LogP contribution in [0.15, 0.2) is 79.0 Å². The maximum atomic E-state index is 14.1. The largest absolute Gasteiger partial charge is 0.497 e. The summed E-state index contributed by atoms with van der Waals surface area (Å²) in [4.78, 5) is 4.53. The number of nitrogens with zero attached hydrogens (tertiary/aromatic N) is 3.